The smallest absolute Gasteiger partial charge is 0.346 e. The van der Waals surface area contributed by atoms with Gasteiger partial charge in [0.1, 0.15) is 10.4 Å². The molecule has 2 unspecified atom stereocenters. The number of benzene rings is 1. The lowest BCUT2D eigenvalue weighted by atomic mass is 9.70. The highest BCUT2D eigenvalue weighted by atomic mass is 32.1. The van der Waals surface area contributed by atoms with Gasteiger partial charge in [0.15, 0.2) is 5.78 Å². The van der Waals surface area contributed by atoms with Crippen LogP contribution in [0.1, 0.15) is 38.0 Å². The lowest BCUT2D eigenvalue weighted by Gasteiger charge is -2.37. The molecule has 3 aromatic heterocycles. The second-order valence-corrected chi connectivity index (χ2v) is 8.83. The van der Waals surface area contributed by atoms with E-state index in [-0.39, 0.29) is 16.3 Å². The van der Waals surface area contributed by atoms with Crippen molar-refractivity contribution >= 4 is 38.9 Å². The number of carboxylic acids is 1. The fourth-order valence-corrected chi connectivity index (χ4v) is 5.47. The van der Waals surface area contributed by atoms with Crippen molar-refractivity contribution < 1.29 is 19.4 Å². The van der Waals surface area contributed by atoms with Gasteiger partial charge in [-0.2, -0.15) is 0 Å². The maximum atomic E-state index is 13.6. The van der Waals surface area contributed by atoms with E-state index in [2.05, 4.69) is 9.97 Å². The number of ether oxygens (including phenoxy) is 1. The third-order valence-corrected chi connectivity index (χ3v) is 7.11. The molecule has 10 heteroatoms. The third-order valence-electron chi connectivity index (χ3n) is 5.86. The molecule has 1 aromatic carbocycles. The molecule has 4 aromatic rings. The first-order valence-electron chi connectivity index (χ1n) is 9.97. The minimum absolute atomic E-state index is 0.0130. The molecule has 0 saturated carbocycles. The van der Waals surface area contributed by atoms with E-state index in [0.29, 0.717) is 38.3 Å². The Morgan fingerprint density at radius 2 is 1.97 bits per heavy atom. The average molecular weight is 462 g/mol. The topological polar surface area (TPSA) is 167 Å². The molecule has 7 N–H and O–H groups in total. The Labute approximate surface area is 191 Å². The van der Waals surface area contributed by atoms with Gasteiger partial charge in [0.05, 0.1) is 10.7 Å². The highest BCUT2D eigenvalue weighted by molar-refractivity contribution is 7.21. The van der Waals surface area contributed by atoms with Crippen LogP contribution in [-0.4, -0.2) is 26.8 Å². The minimum Gasteiger partial charge on any atom is -0.477 e. The normalized spacial score (nSPS) is 19.6. The maximum Gasteiger partial charge on any atom is 0.346 e. The number of carboxylic acid groups (broad SMARTS) is 1. The van der Waals surface area contributed by atoms with Crippen LogP contribution in [0.15, 0.2) is 48.8 Å². The molecule has 0 bridgehead atoms. The Morgan fingerprint density at radius 1 is 1.18 bits per heavy atom. The Balaban J connectivity index is 1.70. The zero-order valence-corrected chi connectivity index (χ0v) is 18.2. The summed E-state index contributed by atoms with van der Waals surface area (Å²) in [6.07, 6.45) is 3.08. The van der Waals surface area contributed by atoms with E-state index in [9.17, 15) is 14.7 Å². The molecule has 3 heterocycles. The van der Waals surface area contributed by atoms with Crippen LogP contribution in [0, 0.1) is 6.92 Å². The summed E-state index contributed by atoms with van der Waals surface area (Å²) >= 11 is 0.992. The zero-order valence-electron chi connectivity index (χ0n) is 17.4. The molecule has 9 nitrogen and oxygen atoms in total. The Bertz CT molecular complexity index is 1450. The van der Waals surface area contributed by atoms with E-state index in [1.54, 1.807) is 49.5 Å². The summed E-state index contributed by atoms with van der Waals surface area (Å²) in [5.41, 5.74) is 19.8. The van der Waals surface area contributed by atoms with E-state index >= 15 is 0 Å². The molecule has 5 rings (SSSR count). The predicted octanol–water partition coefficient (Wildman–Crippen LogP) is 2.86. The van der Waals surface area contributed by atoms with Crippen LogP contribution in [-0.2, 0) is 10.3 Å². The second kappa shape index (κ2) is 7.34. The van der Waals surface area contributed by atoms with Crippen LogP contribution in [0.4, 0.5) is 5.69 Å². The quantitative estimate of drug-likeness (QED) is 0.334. The van der Waals surface area contributed by atoms with Crippen molar-refractivity contribution in [2.45, 2.75) is 18.5 Å². The molecule has 1 aliphatic rings. The lowest BCUT2D eigenvalue weighted by Crippen LogP contribution is -2.53. The second-order valence-electron chi connectivity index (χ2n) is 7.81. The number of pyridine rings is 2. The summed E-state index contributed by atoms with van der Waals surface area (Å²) in [4.78, 5) is 33.9. The van der Waals surface area contributed by atoms with Crippen molar-refractivity contribution in [3.8, 4) is 11.8 Å². The molecular weight excluding hydrogens is 442 g/mol. The number of aromatic carboxylic acids is 1. The third kappa shape index (κ3) is 2.99. The fraction of sp³-hybridized carbons (Fsp3) is 0.130. The number of hydrogen-bond acceptors (Lipinski definition) is 9. The maximum absolute atomic E-state index is 13.6. The summed E-state index contributed by atoms with van der Waals surface area (Å²) in [6.45, 7) is 1.79. The number of nitrogens with two attached hydrogens (primary N) is 3. The van der Waals surface area contributed by atoms with Crippen LogP contribution < -0.4 is 21.9 Å². The van der Waals surface area contributed by atoms with E-state index < -0.39 is 23.3 Å². The molecule has 33 heavy (non-hydrogen) atoms. The van der Waals surface area contributed by atoms with Gasteiger partial charge in [-0.15, -0.1) is 11.3 Å². The molecule has 0 fully saturated rings. The minimum atomic E-state index is -1.64. The van der Waals surface area contributed by atoms with Gasteiger partial charge in [0.25, 0.3) is 0 Å². The molecular formula is C23H19N5O4S. The van der Waals surface area contributed by atoms with E-state index in [0.717, 1.165) is 11.3 Å². The van der Waals surface area contributed by atoms with Crippen molar-refractivity contribution in [1.82, 2.24) is 9.97 Å². The first kappa shape index (κ1) is 21.0. The number of nitrogen functional groups attached to an aromatic ring is 1. The molecule has 0 spiro atoms. The van der Waals surface area contributed by atoms with E-state index in [1.165, 1.54) is 6.20 Å². The van der Waals surface area contributed by atoms with Gasteiger partial charge in [0, 0.05) is 46.7 Å². The van der Waals surface area contributed by atoms with Gasteiger partial charge in [-0.05, 0) is 30.2 Å². The molecule has 166 valence electrons. The number of hydrogen-bond donors (Lipinski definition) is 4. The molecule has 0 radical (unpaired) electrons. The summed E-state index contributed by atoms with van der Waals surface area (Å²) in [7, 11) is 0. The highest BCUT2D eigenvalue weighted by Crippen LogP contribution is 2.49. The van der Waals surface area contributed by atoms with Gasteiger partial charge >= 0.3 is 5.97 Å². The number of rotatable bonds is 4. The molecule has 0 amide bonds. The SMILES string of the molecule is Cc1cc(Oc2ccccn2)ncc1C1(N)C(=O)C(N)c2c(C(=O)O)sc3c(N)ccc1c23. The molecule has 0 aliphatic heterocycles. The number of thiophene rings is 1. The van der Waals surface area contributed by atoms with Gasteiger partial charge in [-0.3, -0.25) is 4.79 Å². The summed E-state index contributed by atoms with van der Waals surface area (Å²) in [5.74, 6) is -1.03. The number of aromatic nitrogens is 2. The van der Waals surface area contributed by atoms with Crippen molar-refractivity contribution in [2.24, 2.45) is 11.5 Å². The van der Waals surface area contributed by atoms with Gasteiger partial charge < -0.3 is 27.0 Å². The Morgan fingerprint density at radius 3 is 2.64 bits per heavy atom. The number of aryl methyl sites for hydroxylation is 1. The largest absolute Gasteiger partial charge is 0.477 e. The standard InChI is InChI=1S/C23H19N5O4S/c1-10-8-15(32-14-4-2-3-7-27-14)28-9-12(10)23(26)11-5-6-13(24)19-16(11)17(18(25)21(23)29)20(33-19)22(30)31/h2-9,18H,24-26H2,1H3,(H,30,31). The first-order valence-corrected chi connectivity index (χ1v) is 10.8. The number of Topliss-reactive ketones (excluding diaryl/α,β-unsaturated/α-hetero) is 1. The predicted molar refractivity (Wildman–Crippen MR) is 123 cm³/mol. The van der Waals surface area contributed by atoms with Gasteiger partial charge in [-0.25, -0.2) is 14.8 Å². The van der Waals surface area contributed by atoms with Crippen LogP contribution in [0.25, 0.3) is 10.1 Å². The van der Waals surface area contributed by atoms with Crippen molar-refractivity contribution in [2.75, 3.05) is 5.73 Å². The number of anilines is 1. The zero-order chi connectivity index (χ0) is 23.5. The van der Waals surface area contributed by atoms with E-state index in [1.807, 2.05) is 0 Å². The van der Waals surface area contributed by atoms with Crippen LogP contribution in [0.3, 0.4) is 0 Å². The fourth-order valence-electron chi connectivity index (χ4n) is 4.33. The molecule has 0 saturated heterocycles. The summed E-state index contributed by atoms with van der Waals surface area (Å²) < 4.78 is 6.23. The number of carbonyl (C=O) groups is 2. The summed E-state index contributed by atoms with van der Waals surface area (Å²) in [6, 6.07) is 8.97. The monoisotopic (exact) mass is 461 g/mol. The lowest BCUT2D eigenvalue weighted by molar-refractivity contribution is -0.124. The highest BCUT2D eigenvalue weighted by Gasteiger charge is 2.49. The van der Waals surface area contributed by atoms with Crippen LogP contribution >= 0.6 is 11.3 Å². The average Bonchev–Trinajstić information content (AvgIpc) is 3.20. The molecule has 2 atom stereocenters. The number of nitrogens with zero attached hydrogens (tertiary/aromatic N) is 2. The number of carbonyl (C=O) groups excluding carboxylic acids is 1. The first-order chi connectivity index (χ1) is 15.7. The Hall–Kier alpha value is -3.86. The van der Waals surface area contributed by atoms with Crippen molar-refractivity contribution in [1.29, 1.82) is 0 Å². The van der Waals surface area contributed by atoms with Crippen LogP contribution in [0.5, 0.6) is 11.8 Å². The van der Waals surface area contributed by atoms with Gasteiger partial charge in [-0.1, -0.05) is 12.1 Å². The Kier molecular flexibility index (Phi) is 4.67. The summed E-state index contributed by atoms with van der Waals surface area (Å²) in [5, 5.41) is 10.2. The van der Waals surface area contributed by atoms with Crippen molar-refractivity contribution in [3.63, 3.8) is 0 Å². The number of ketones is 1. The van der Waals surface area contributed by atoms with Crippen LogP contribution in [0.2, 0.25) is 0 Å². The van der Waals surface area contributed by atoms with Gasteiger partial charge in [0.2, 0.25) is 11.8 Å². The molecule has 1 aliphatic carbocycles. The van der Waals surface area contributed by atoms with E-state index in [4.69, 9.17) is 21.9 Å². The van der Waals surface area contributed by atoms with Crippen molar-refractivity contribution in [3.05, 3.63) is 75.9 Å².